The van der Waals surface area contributed by atoms with Crippen LogP contribution in [0.5, 0.6) is 17.6 Å². The van der Waals surface area contributed by atoms with Crippen LogP contribution in [0.4, 0.5) is 5.69 Å². The molecule has 5 nitrogen and oxygen atoms in total. The van der Waals surface area contributed by atoms with Crippen LogP contribution < -0.4 is 15.2 Å². The van der Waals surface area contributed by atoms with Crippen LogP contribution in [-0.4, -0.2) is 16.6 Å². The highest BCUT2D eigenvalue weighted by molar-refractivity contribution is 5.47. The first-order valence-electron chi connectivity index (χ1n) is 6.19. The van der Waals surface area contributed by atoms with Crippen LogP contribution in [0.1, 0.15) is 18.9 Å². The molecule has 0 bridgehead atoms. The van der Waals surface area contributed by atoms with Crippen LogP contribution in [0.15, 0.2) is 30.5 Å². The van der Waals surface area contributed by atoms with Gasteiger partial charge in [-0.1, -0.05) is 6.92 Å². The lowest BCUT2D eigenvalue weighted by atomic mass is 10.2. The van der Waals surface area contributed by atoms with Crippen LogP contribution >= 0.6 is 0 Å². The fourth-order valence-corrected chi connectivity index (χ4v) is 1.55. The first kappa shape index (κ1) is 13.1. The third kappa shape index (κ3) is 3.58. The van der Waals surface area contributed by atoms with Crippen molar-refractivity contribution in [2.45, 2.75) is 20.3 Å². The highest BCUT2D eigenvalue weighted by atomic mass is 16.5. The summed E-state index contributed by atoms with van der Waals surface area (Å²) in [4.78, 5) is 8.24. The molecule has 0 unspecified atom stereocenters. The second kappa shape index (κ2) is 6.04. The van der Waals surface area contributed by atoms with E-state index in [-0.39, 0.29) is 6.01 Å². The SMILES string of the molecule is CCCOc1ccnc(Oc2ccc(N)cc2C)n1. The molecule has 0 aliphatic carbocycles. The zero-order valence-electron chi connectivity index (χ0n) is 11.1. The molecule has 0 saturated carbocycles. The van der Waals surface area contributed by atoms with Gasteiger partial charge >= 0.3 is 6.01 Å². The summed E-state index contributed by atoms with van der Waals surface area (Å²) in [5, 5.41) is 0. The zero-order chi connectivity index (χ0) is 13.7. The third-order valence-corrected chi connectivity index (χ3v) is 2.46. The Bertz CT molecular complexity index is 558. The van der Waals surface area contributed by atoms with Crippen molar-refractivity contribution >= 4 is 5.69 Å². The third-order valence-electron chi connectivity index (χ3n) is 2.46. The fraction of sp³-hybridized carbons (Fsp3) is 0.286. The van der Waals surface area contributed by atoms with E-state index in [1.807, 2.05) is 19.9 Å². The van der Waals surface area contributed by atoms with Crippen molar-refractivity contribution in [1.82, 2.24) is 9.97 Å². The minimum absolute atomic E-state index is 0.265. The normalized spacial score (nSPS) is 10.2. The van der Waals surface area contributed by atoms with Gasteiger partial charge in [0.05, 0.1) is 6.61 Å². The van der Waals surface area contributed by atoms with Gasteiger partial charge in [-0.2, -0.15) is 4.98 Å². The van der Waals surface area contributed by atoms with Gasteiger partial charge in [0.25, 0.3) is 0 Å². The lowest BCUT2D eigenvalue weighted by Gasteiger charge is -2.08. The summed E-state index contributed by atoms with van der Waals surface area (Å²) >= 11 is 0. The number of aromatic nitrogens is 2. The number of anilines is 1. The Balaban J connectivity index is 2.14. The standard InChI is InChI=1S/C14H17N3O2/c1-3-8-18-13-6-7-16-14(17-13)19-12-5-4-11(15)9-10(12)2/h4-7,9H,3,8,15H2,1-2H3. The van der Waals surface area contributed by atoms with E-state index in [0.29, 0.717) is 23.9 Å². The quantitative estimate of drug-likeness (QED) is 0.836. The summed E-state index contributed by atoms with van der Waals surface area (Å²) in [5.74, 6) is 1.20. The second-order valence-corrected chi connectivity index (χ2v) is 4.15. The second-order valence-electron chi connectivity index (χ2n) is 4.15. The summed E-state index contributed by atoms with van der Waals surface area (Å²) in [6.07, 6.45) is 2.54. The van der Waals surface area contributed by atoms with Crippen molar-refractivity contribution in [2.24, 2.45) is 0 Å². The van der Waals surface area contributed by atoms with Crippen molar-refractivity contribution in [3.8, 4) is 17.6 Å². The lowest BCUT2D eigenvalue weighted by molar-refractivity contribution is 0.298. The van der Waals surface area contributed by atoms with E-state index in [0.717, 1.165) is 12.0 Å². The highest BCUT2D eigenvalue weighted by Gasteiger charge is 2.05. The van der Waals surface area contributed by atoms with Gasteiger partial charge in [-0.15, -0.1) is 0 Å². The molecule has 19 heavy (non-hydrogen) atoms. The molecular formula is C14H17N3O2. The van der Waals surface area contributed by atoms with E-state index in [1.54, 1.807) is 24.4 Å². The summed E-state index contributed by atoms with van der Waals surface area (Å²) in [7, 11) is 0. The number of nitrogens with zero attached hydrogens (tertiary/aromatic N) is 2. The largest absolute Gasteiger partial charge is 0.478 e. The predicted octanol–water partition coefficient (Wildman–Crippen LogP) is 2.95. The minimum atomic E-state index is 0.265. The Labute approximate surface area is 112 Å². The molecule has 0 spiro atoms. The summed E-state index contributed by atoms with van der Waals surface area (Å²) < 4.78 is 11.1. The van der Waals surface area contributed by atoms with Crippen molar-refractivity contribution < 1.29 is 9.47 Å². The number of hydrogen-bond acceptors (Lipinski definition) is 5. The maximum atomic E-state index is 5.69. The van der Waals surface area contributed by atoms with Gasteiger partial charge in [0.15, 0.2) is 0 Å². The molecule has 0 aliphatic rings. The molecule has 1 aromatic heterocycles. The molecule has 0 radical (unpaired) electrons. The molecular weight excluding hydrogens is 242 g/mol. The minimum Gasteiger partial charge on any atom is -0.478 e. The Morgan fingerprint density at radius 1 is 1.26 bits per heavy atom. The van der Waals surface area contributed by atoms with Crippen LogP contribution in [0.3, 0.4) is 0 Å². The topological polar surface area (TPSA) is 70.3 Å². The number of aryl methyl sites for hydroxylation is 1. The van der Waals surface area contributed by atoms with E-state index in [9.17, 15) is 0 Å². The molecule has 0 fully saturated rings. The van der Waals surface area contributed by atoms with Gasteiger partial charge in [-0.25, -0.2) is 4.98 Å². The number of benzene rings is 1. The van der Waals surface area contributed by atoms with E-state index in [4.69, 9.17) is 15.2 Å². The average Bonchev–Trinajstić information content (AvgIpc) is 2.40. The van der Waals surface area contributed by atoms with E-state index < -0.39 is 0 Å². The number of nitrogen functional groups attached to an aromatic ring is 1. The Hall–Kier alpha value is -2.30. The van der Waals surface area contributed by atoms with Gasteiger partial charge < -0.3 is 15.2 Å². The molecule has 5 heteroatoms. The highest BCUT2D eigenvalue weighted by Crippen LogP contribution is 2.24. The predicted molar refractivity (Wildman–Crippen MR) is 73.5 cm³/mol. The fourth-order valence-electron chi connectivity index (χ4n) is 1.55. The van der Waals surface area contributed by atoms with Crippen LogP contribution in [0, 0.1) is 6.92 Å². The molecule has 0 amide bonds. The lowest BCUT2D eigenvalue weighted by Crippen LogP contribution is -2.00. The molecule has 100 valence electrons. The Kier molecular flexibility index (Phi) is 4.18. The van der Waals surface area contributed by atoms with Gasteiger partial charge in [-0.3, -0.25) is 0 Å². The average molecular weight is 259 g/mol. The maximum absolute atomic E-state index is 5.69. The van der Waals surface area contributed by atoms with Gasteiger partial charge in [-0.05, 0) is 37.1 Å². The Morgan fingerprint density at radius 3 is 2.84 bits per heavy atom. The van der Waals surface area contributed by atoms with Gasteiger partial charge in [0.1, 0.15) is 5.75 Å². The molecule has 0 atom stereocenters. The van der Waals surface area contributed by atoms with Crippen molar-refractivity contribution in [3.63, 3.8) is 0 Å². The summed E-state index contributed by atoms with van der Waals surface area (Å²) in [6, 6.07) is 7.39. The van der Waals surface area contributed by atoms with Crippen LogP contribution in [0.2, 0.25) is 0 Å². The number of rotatable bonds is 5. The number of hydrogen-bond donors (Lipinski definition) is 1. The molecule has 0 aliphatic heterocycles. The van der Waals surface area contributed by atoms with Crippen LogP contribution in [0.25, 0.3) is 0 Å². The molecule has 2 N–H and O–H groups in total. The molecule has 2 rings (SSSR count). The van der Waals surface area contributed by atoms with Crippen molar-refractivity contribution in [3.05, 3.63) is 36.0 Å². The summed E-state index contributed by atoms with van der Waals surface area (Å²) in [5.41, 5.74) is 7.33. The number of ether oxygens (including phenoxy) is 2. The van der Waals surface area contributed by atoms with Crippen LogP contribution in [-0.2, 0) is 0 Å². The van der Waals surface area contributed by atoms with Crippen molar-refractivity contribution in [2.75, 3.05) is 12.3 Å². The zero-order valence-corrected chi connectivity index (χ0v) is 11.1. The van der Waals surface area contributed by atoms with E-state index in [2.05, 4.69) is 9.97 Å². The first-order chi connectivity index (χ1) is 9.19. The monoisotopic (exact) mass is 259 g/mol. The summed E-state index contributed by atoms with van der Waals surface area (Å²) in [6.45, 7) is 4.58. The van der Waals surface area contributed by atoms with E-state index in [1.165, 1.54) is 0 Å². The van der Waals surface area contributed by atoms with Gasteiger partial charge in [0.2, 0.25) is 5.88 Å². The maximum Gasteiger partial charge on any atom is 0.325 e. The molecule has 1 heterocycles. The Morgan fingerprint density at radius 2 is 2.11 bits per heavy atom. The van der Waals surface area contributed by atoms with Crippen molar-refractivity contribution in [1.29, 1.82) is 0 Å². The molecule has 2 aromatic rings. The number of nitrogens with two attached hydrogens (primary N) is 1. The van der Waals surface area contributed by atoms with Gasteiger partial charge in [0, 0.05) is 18.0 Å². The smallest absolute Gasteiger partial charge is 0.325 e. The van der Waals surface area contributed by atoms with E-state index >= 15 is 0 Å². The molecule has 0 saturated heterocycles. The molecule has 1 aromatic carbocycles. The first-order valence-corrected chi connectivity index (χ1v) is 6.19.